The van der Waals surface area contributed by atoms with E-state index in [1.54, 1.807) is 17.0 Å². The minimum Gasteiger partial charge on any atom is -0.444 e. The fourth-order valence-corrected chi connectivity index (χ4v) is 2.75. The predicted molar refractivity (Wildman–Crippen MR) is 114 cm³/mol. The highest BCUT2D eigenvalue weighted by Crippen LogP contribution is 2.24. The van der Waals surface area contributed by atoms with Crippen molar-refractivity contribution < 1.29 is 27.4 Å². The van der Waals surface area contributed by atoms with Gasteiger partial charge >= 0.3 is 12.5 Å². The van der Waals surface area contributed by atoms with E-state index in [-0.39, 0.29) is 17.9 Å². The van der Waals surface area contributed by atoms with Crippen molar-refractivity contribution in [2.24, 2.45) is 0 Å². The van der Waals surface area contributed by atoms with Gasteiger partial charge < -0.3 is 14.4 Å². The van der Waals surface area contributed by atoms with Crippen molar-refractivity contribution in [3.8, 4) is 5.75 Å². The molecule has 1 heterocycles. The van der Waals surface area contributed by atoms with Crippen LogP contribution in [0.5, 0.6) is 5.75 Å². The van der Waals surface area contributed by atoms with Gasteiger partial charge in [-0.2, -0.15) is 0 Å². The number of nitrogens with zero attached hydrogens (tertiary/aromatic N) is 2. The van der Waals surface area contributed by atoms with Crippen molar-refractivity contribution >= 4 is 6.09 Å². The smallest absolute Gasteiger partial charge is 0.444 e. The average Bonchev–Trinajstić information content (AvgIpc) is 2.65. The van der Waals surface area contributed by atoms with E-state index in [0.717, 1.165) is 5.56 Å². The van der Waals surface area contributed by atoms with Crippen LogP contribution in [0.3, 0.4) is 0 Å². The lowest BCUT2D eigenvalue weighted by Gasteiger charge is -2.40. The maximum Gasteiger partial charge on any atom is 0.573 e. The number of amides is 1. The minimum atomic E-state index is -4.69. The van der Waals surface area contributed by atoms with Gasteiger partial charge in [0.2, 0.25) is 0 Å². The van der Waals surface area contributed by atoms with Crippen LogP contribution in [0.1, 0.15) is 61.0 Å². The van der Waals surface area contributed by atoms with Crippen LogP contribution in [-0.4, -0.2) is 53.5 Å². The zero-order chi connectivity index (χ0) is 23.5. The van der Waals surface area contributed by atoms with Crippen molar-refractivity contribution in [1.29, 1.82) is 0 Å². The van der Waals surface area contributed by atoms with Crippen LogP contribution in [0.15, 0.2) is 24.3 Å². The van der Waals surface area contributed by atoms with Crippen LogP contribution in [0.2, 0.25) is 0 Å². The van der Waals surface area contributed by atoms with E-state index in [9.17, 15) is 18.0 Å². The number of benzene rings is 1. The van der Waals surface area contributed by atoms with Gasteiger partial charge in [-0.15, -0.1) is 13.2 Å². The van der Waals surface area contributed by atoms with Crippen LogP contribution in [0, 0.1) is 0 Å². The first kappa shape index (κ1) is 28.0. The number of hydrogen-bond donors (Lipinski definition) is 0. The number of rotatable bonds is 3. The molecule has 1 amide bonds. The van der Waals surface area contributed by atoms with Gasteiger partial charge in [-0.05, 0) is 45.4 Å². The SMILES string of the molecule is CC.CC.CC1CN(C(=O)OC(C)(C)C)CCN1Cc1ccc(OC(F)(F)F)cc1. The largest absolute Gasteiger partial charge is 0.573 e. The molecule has 0 bridgehead atoms. The highest BCUT2D eigenvalue weighted by atomic mass is 19.4. The molecule has 174 valence electrons. The molecule has 0 spiro atoms. The monoisotopic (exact) mass is 434 g/mol. The summed E-state index contributed by atoms with van der Waals surface area (Å²) < 4.78 is 45.9. The third-order valence-electron chi connectivity index (χ3n) is 3.96. The normalized spacial score (nSPS) is 17.2. The first-order chi connectivity index (χ1) is 13.9. The molecular weight excluding hydrogens is 397 g/mol. The number of ether oxygens (including phenoxy) is 2. The standard InChI is InChI=1S/C18H25F3N2O3.2C2H6/c1-13-11-23(16(24)26-17(2,3)4)10-9-22(13)12-14-5-7-15(8-6-14)25-18(19,20)21;2*1-2/h5-8,13H,9-12H2,1-4H3;2*1-2H3. The topological polar surface area (TPSA) is 42.0 Å². The molecule has 0 aromatic heterocycles. The van der Waals surface area contributed by atoms with E-state index in [1.807, 2.05) is 55.4 Å². The van der Waals surface area contributed by atoms with Gasteiger partial charge in [-0.3, -0.25) is 4.90 Å². The zero-order valence-electron chi connectivity index (χ0n) is 19.5. The molecule has 1 atom stereocenters. The van der Waals surface area contributed by atoms with E-state index < -0.39 is 12.0 Å². The molecule has 0 aliphatic carbocycles. The van der Waals surface area contributed by atoms with Crippen LogP contribution < -0.4 is 4.74 Å². The van der Waals surface area contributed by atoms with Gasteiger partial charge in [0.1, 0.15) is 11.4 Å². The number of carbonyl (C=O) groups is 1. The first-order valence-electron chi connectivity index (χ1n) is 10.5. The summed E-state index contributed by atoms with van der Waals surface area (Å²) >= 11 is 0. The van der Waals surface area contributed by atoms with E-state index in [1.165, 1.54) is 12.1 Å². The zero-order valence-corrected chi connectivity index (χ0v) is 19.5. The Balaban J connectivity index is 0.00000198. The molecule has 1 aromatic rings. The summed E-state index contributed by atoms with van der Waals surface area (Å²) in [6.45, 7) is 17.9. The van der Waals surface area contributed by atoms with Crippen molar-refractivity contribution in [3.63, 3.8) is 0 Å². The molecule has 2 rings (SSSR count). The second-order valence-corrected chi connectivity index (χ2v) is 7.44. The molecule has 1 aromatic carbocycles. The Morgan fingerprint density at radius 2 is 1.57 bits per heavy atom. The molecule has 1 fully saturated rings. The van der Waals surface area contributed by atoms with E-state index in [4.69, 9.17) is 4.74 Å². The number of alkyl halides is 3. The van der Waals surface area contributed by atoms with Gasteiger partial charge in [0.15, 0.2) is 0 Å². The summed E-state index contributed by atoms with van der Waals surface area (Å²) in [5.74, 6) is -0.232. The maximum absolute atomic E-state index is 12.2. The Labute approximate surface area is 179 Å². The molecular formula is C22H37F3N2O3. The van der Waals surface area contributed by atoms with Crippen molar-refractivity contribution in [1.82, 2.24) is 9.80 Å². The van der Waals surface area contributed by atoms with Crippen molar-refractivity contribution in [3.05, 3.63) is 29.8 Å². The third-order valence-corrected chi connectivity index (χ3v) is 3.96. The van der Waals surface area contributed by atoms with Crippen LogP contribution in [0.4, 0.5) is 18.0 Å². The van der Waals surface area contributed by atoms with Gasteiger partial charge in [-0.25, -0.2) is 4.79 Å². The highest BCUT2D eigenvalue weighted by Gasteiger charge is 2.31. The molecule has 1 aliphatic rings. The summed E-state index contributed by atoms with van der Waals surface area (Å²) in [7, 11) is 0. The second kappa shape index (κ2) is 12.7. The summed E-state index contributed by atoms with van der Waals surface area (Å²) in [4.78, 5) is 16.0. The molecule has 0 saturated carbocycles. The highest BCUT2D eigenvalue weighted by molar-refractivity contribution is 5.68. The lowest BCUT2D eigenvalue weighted by molar-refractivity contribution is -0.274. The lowest BCUT2D eigenvalue weighted by Crippen LogP contribution is -2.54. The minimum absolute atomic E-state index is 0.113. The van der Waals surface area contributed by atoms with E-state index in [2.05, 4.69) is 9.64 Å². The number of carbonyl (C=O) groups excluding carboxylic acids is 1. The summed E-state index contributed by atoms with van der Waals surface area (Å²) in [5.41, 5.74) is 0.356. The van der Waals surface area contributed by atoms with E-state index in [0.29, 0.717) is 26.2 Å². The summed E-state index contributed by atoms with van der Waals surface area (Å²) in [6.07, 6.45) is -5.01. The molecule has 30 heavy (non-hydrogen) atoms. The van der Waals surface area contributed by atoms with Crippen molar-refractivity contribution in [2.75, 3.05) is 19.6 Å². The Morgan fingerprint density at radius 3 is 2.00 bits per heavy atom. The molecule has 0 N–H and O–H groups in total. The van der Waals surface area contributed by atoms with E-state index >= 15 is 0 Å². The Bertz CT molecular complexity index is 614. The molecule has 1 aliphatic heterocycles. The van der Waals surface area contributed by atoms with Gasteiger partial charge in [0.05, 0.1) is 0 Å². The van der Waals surface area contributed by atoms with Gasteiger partial charge in [-0.1, -0.05) is 39.8 Å². The van der Waals surface area contributed by atoms with Crippen LogP contribution in [0.25, 0.3) is 0 Å². The first-order valence-corrected chi connectivity index (χ1v) is 10.5. The molecule has 8 heteroatoms. The quantitative estimate of drug-likeness (QED) is 0.578. The second-order valence-electron chi connectivity index (χ2n) is 7.44. The number of hydrogen-bond acceptors (Lipinski definition) is 4. The maximum atomic E-state index is 12.2. The average molecular weight is 435 g/mol. The Morgan fingerprint density at radius 1 is 1.03 bits per heavy atom. The number of piperazine rings is 1. The fraction of sp³-hybridized carbons (Fsp3) is 0.682. The summed E-state index contributed by atoms with van der Waals surface area (Å²) in [5, 5.41) is 0. The molecule has 1 saturated heterocycles. The molecule has 1 unspecified atom stereocenters. The van der Waals surface area contributed by atoms with Gasteiger partial charge in [0.25, 0.3) is 0 Å². The Kier molecular flexibility index (Phi) is 11.8. The summed E-state index contributed by atoms with van der Waals surface area (Å²) in [6, 6.07) is 5.97. The van der Waals surface area contributed by atoms with Gasteiger partial charge in [0, 0.05) is 32.2 Å². The van der Waals surface area contributed by atoms with Crippen molar-refractivity contribution in [2.45, 2.75) is 79.9 Å². The fourth-order valence-electron chi connectivity index (χ4n) is 2.75. The van der Waals surface area contributed by atoms with Crippen LogP contribution in [-0.2, 0) is 11.3 Å². The number of halogens is 3. The Hall–Kier alpha value is -1.96. The third kappa shape index (κ3) is 10.7. The predicted octanol–water partition coefficient (Wildman–Crippen LogP) is 6.08. The molecule has 5 nitrogen and oxygen atoms in total. The van der Waals surface area contributed by atoms with Crippen LogP contribution >= 0.6 is 0 Å². The lowest BCUT2D eigenvalue weighted by atomic mass is 10.1. The molecule has 0 radical (unpaired) electrons.